The van der Waals surface area contributed by atoms with Crippen molar-refractivity contribution in [1.82, 2.24) is 10.6 Å². The minimum atomic E-state index is -0.525. The molecule has 1 aromatic carbocycles. The first-order valence-electron chi connectivity index (χ1n) is 5.05. The Bertz CT molecular complexity index is 315. The topological polar surface area (TPSA) is 26.1 Å². The molecule has 1 unspecified atom stereocenters. The van der Waals surface area contributed by atoms with E-state index in [2.05, 4.69) is 10.6 Å². The average molecular weight is 211 g/mol. The predicted molar refractivity (Wildman–Crippen MR) is 53.5 cm³/mol. The van der Waals surface area contributed by atoms with Crippen LogP contribution in [0.5, 0.6) is 0 Å². The van der Waals surface area contributed by atoms with Gasteiger partial charge in [-0.05, 0) is 24.1 Å². The highest BCUT2D eigenvalue weighted by molar-refractivity contribution is 5.17. The highest BCUT2D eigenvalue weighted by Gasteiger charge is 2.14. The lowest BCUT2D eigenvalue weighted by Gasteiger charge is -2.10. The van der Waals surface area contributed by atoms with E-state index in [1.165, 1.54) is 12.1 Å². The summed E-state index contributed by atoms with van der Waals surface area (Å²) < 4.78 is 25.7. The van der Waals surface area contributed by atoms with Crippen LogP contribution >= 0.6 is 0 Å². The van der Waals surface area contributed by atoms with Crippen LogP contribution in [0.2, 0.25) is 0 Å². The predicted octanol–water partition coefficient (Wildman–Crippen LogP) is 1.43. The number of halogens is 2. The van der Waals surface area contributed by atoms with E-state index < -0.39 is 11.6 Å². The molecule has 1 saturated heterocycles. The molecule has 1 aromatic rings. The highest BCUT2D eigenvalue weighted by atomic mass is 19.1. The van der Waals surface area contributed by atoms with E-state index in [0.29, 0.717) is 18.2 Å². The fourth-order valence-electron chi connectivity index (χ4n) is 1.73. The maximum absolute atomic E-state index is 12.8. The summed E-state index contributed by atoms with van der Waals surface area (Å²) in [6.07, 6.45) is 1.01. The van der Waals surface area contributed by atoms with Gasteiger partial charge < -0.3 is 5.32 Å². The quantitative estimate of drug-likeness (QED) is 0.804. The molecule has 1 aliphatic rings. The van der Waals surface area contributed by atoms with Gasteiger partial charge in [0.2, 0.25) is 0 Å². The van der Waals surface area contributed by atoms with Crippen LogP contribution in [0.4, 0.5) is 8.78 Å². The smallest absolute Gasteiger partial charge is 0.126 e. The van der Waals surface area contributed by atoms with Crippen LogP contribution in [0.25, 0.3) is 0 Å². The van der Waals surface area contributed by atoms with Crippen molar-refractivity contribution in [2.45, 2.75) is 19.0 Å². The van der Waals surface area contributed by atoms with Crippen LogP contribution in [0.1, 0.15) is 12.0 Å². The van der Waals surface area contributed by atoms with E-state index >= 15 is 0 Å². The number of rotatable bonds is 3. The second-order valence-corrected chi connectivity index (χ2v) is 3.77. The fraction of sp³-hybridized carbons (Fsp3) is 0.455. The molecular formula is C11H13F2N2. The number of nitrogens with zero attached hydrogens (tertiary/aromatic N) is 1. The van der Waals surface area contributed by atoms with Crippen molar-refractivity contribution < 1.29 is 8.78 Å². The van der Waals surface area contributed by atoms with Crippen molar-refractivity contribution in [3.8, 4) is 0 Å². The summed E-state index contributed by atoms with van der Waals surface area (Å²) in [5.74, 6) is -1.05. The maximum atomic E-state index is 12.8. The molecule has 0 saturated carbocycles. The van der Waals surface area contributed by atoms with Crippen LogP contribution in [0.15, 0.2) is 18.2 Å². The lowest BCUT2D eigenvalue weighted by Crippen LogP contribution is -2.29. The summed E-state index contributed by atoms with van der Waals surface area (Å²) >= 11 is 0. The Kier molecular flexibility index (Phi) is 3.28. The van der Waals surface area contributed by atoms with Crippen molar-refractivity contribution in [2.24, 2.45) is 0 Å². The van der Waals surface area contributed by atoms with Gasteiger partial charge in [0.15, 0.2) is 0 Å². The van der Waals surface area contributed by atoms with Gasteiger partial charge in [-0.3, -0.25) is 0 Å². The Morgan fingerprint density at radius 3 is 2.60 bits per heavy atom. The van der Waals surface area contributed by atoms with Crippen LogP contribution in [0, 0.1) is 11.6 Å². The SMILES string of the molecule is Fc1cc(F)cc(CNC2CC[N]C2)c1. The molecule has 1 fully saturated rings. The van der Waals surface area contributed by atoms with E-state index in [-0.39, 0.29) is 0 Å². The highest BCUT2D eigenvalue weighted by Crippen LogP contribution is 2.08. The molecule has 81 valence electrons. The molecule has 0 amide bonds. The van der Waals surface area contributed by atoms with Crippen LogP contribution in [0.3, 0.4) is 0 Å². The Hall–Kier alpha value is -1.00. The molecule has 15 heavy (non-hydrogen) atoms. The van der Waals surface area contributed by atoms with Gasteiger partial charge in [-0.25, -0.2) is 14.1 Å². The monoisotopic (exact) mass is 211 g/mol. The zero-order chi connectivity index (χ0) is 10.7. The van der Waals surface area contributed by atoms with Gasteiger partial charge in [-0.2, -0.15) is 0 Å². The fourth-order valence-corrected chi connectivity index (χ4v) is 1.73. The summed E-state index contributed by atoms with van der Waals surface area (Å²) in [7, 11) is 0. The molecular weight excluding hydrogens is 198 g/mol. The summed E-state index contributed by atoms with van der Waals surface area (Å²) in [5, 5.41) is 7.43. The van der Waals surface area contributed by atoms with Crippen LogP contribution in [-0.4, -0.2) is 19.1 Å². The molecule has 2 nitrogen and oxygen atoms in total. The molecule has 0 spiro atoms. The minimum Gasteiger partial charge on any atom is -0.309 e. The normalized spacial score (nSPS) is 20.8. The Morgan fingerprint density at radius 2 is 2.00 bits per heavy atom. The Morgan fingerprint density at radius 1 is 1.27 bits per heavy atom. The maximum Gasteiger partial charge on any atom is 0.126 e. The van der Waals surface area contributed by atoms with Crippen LogP contribution in [-0.2, 0) is 6.54 Å². The number of nitrogens with one attached hydrogen (secondary N) is 1. The van der Waals surface area contributed by atoms with Crippen molar-refractivity contribution in [3.05, 3.63) is 35.4 Å². The summed E-state index contributed by atoms with van der Waals surface area (Å²) in [5.41, 5.74) is 0.638. The second kappa shape index (κ2) is 4.68. The summed E-state index contributed by atoms with van der Waals surface area (Å²) in [6.45, 7) is 2.18. The molecule has 0 aliphatic carbocycles. The van der Waals surface area contributed by atoms with Gasteiger partial charge in [-0.15, -0.1) is 0 Å². The largest absolute Gasteiger partial charge is 0.309 e. The van der Waals surface area contributed by atoms with Gasteiger partial charge in [-0.1, -0.05) is 0 Å². The summed E-state index contributed by atoms with van der Waals surface area (Å²) in [4.78, 5) is 0. The molecule has 1 aliphatic heterocycles. The third kappa shape index (κ3) is 2.97. The van der Waals surface area contributed by atoms with E-state index in [0.717, 1.165) is 25.6 Å². The van der Waals surface area contributed by atoms with Gasteiger partial charge in [0.1, 0.15) is 11.6 Å². The number of hydrogen-bond donors (Lipinski definition) is 1. The molecule has 0 bridgehead atoms. The molecule has 1 atom stereocenters. The van der Waals surface area contributed by atoms with E-state index in [1.54, 1.807) is 0 Å². The molecule has 4 heteroatoms. The van der Waals surface area contributed by atoms with Crippen molar-refractivity contribution in [2.75, 3.05) is 13.1 Å². The van der Waals surface area contributed by atoms with Crippen molar-refractivity contribution in [1.29, 1.82) is 0 Å². The van der Waals surface area contributed by atoms with E-state index in [1.807, 2.05) is 0 Å². The number of hydrogen-bond acceptors (Lipinski definition) is 1. The molecule has 1 heterocycles. The lowest BCUT2D eigenvalue weighted by molar-refractivity contribution is 0.536. The lowest BCUT2D eigenvalue weighted by atomic mass is 10.2. The van der Waals surface area contributed by atoms with Gasteiger partial charge in [0, 0.05) is 31.7 Å². The zero-order valence-corrected chi connectivity index (χ0v) is 8.34. The first-order chi connectivity index (χ1) is 7.24. The molecule has 2 rings (SSSR count). The average Bonchev–Trinajstić information content (AvgIpc) is 2.65. The molecule has 1 N–H and O–H groups in total. The third-order valence-corrected chi connectivity index (χ3v) is 2.50. The standard InChI is InChI=1S/C11H13F2N2/c12-9-3-8(4-10(13)5-9)6-15-11-1-2-14-7-11/h3-5,11,15H,1-2,6-7H2. The Labute approximate surface area is 87.7 Å². The molecule has 1 radical (unpaired) electrons. The first-order valence-corrected chi connectivity index (χ1v) is 5.05. The Balaban J connectivity index is 1.92. The van der Waals surface area contributed by atoms with E-state index in [4.69, 9.17) is 0 Å². The van der Waals surface area contributed by atoms with Crippen molar-refractivity contribution in [3.63, 3.8) is 0 Å². The second-order valence-electron chi connectivity index (χ2n) is 3.77. The van der Waals surface area contributed by atoms with Gasteiger partial charge in [0.05, 0.1) is 0 Å². The number of benzene rings is 1. The van der Waals surface area contributed by atoms with Crippen molar-refractivity contribution >= 4 is 0 Å². The van der Waals surface area contributed by atoms with E-state index in [9.17, 15) is 8.78 Å². The summed E-state index contributed by atoms with van der Waals surface area (Å²) in [6, 6.07) is 3.94. The van der Waals surface area contributed by atoms with Gasteiger partial charge >= 0.3 is 0 Å². The zero-order valence-electron chi connectivity index (χ0n) is 8.34. The third-order valence-electron chi connectivity index (χ3n) is 2.50. The van der Waals surface area contributed by atoms with Crippen LogP contribution < -0.4 is 10.6 Å². The minimum absolute atomic E-state index is 0.358. The first kappa shape index (κ1) is 10.5. The van der Waals surface area contributed by atoms with Gasteiger partial charge in [0.25, 0.3) is 0 Å². The molecule has 0 aromatic heterocycles.